The highest BCUT2D eigenvalue weighted by Gasteiger charge is 2.39. The van der Waals surface area contributed by atoms with Crippen LogP contribution in [0.4, 0.5) is 4.39 Å². The topological polar surface area (TPSA) is 88.9 Å². The Morgan fingerprint density at radius 1 is 1.14 bits per heavy atom. The number of pyridine rings is 1. The van der Waals surface area contributed by atoms with Gasteiger partial charge in [-0.2, -0.15) is 0 Å². The Balaban J connectivity index is 1.41. The van der Waals surface area contributed by atoms with Gasteiger partial charge < -0.3 is 19.7 Å². The number of halogens is 1. The number of aliphatic hydroxyl groups is 1. The summed E-state index contributed by atoms with van der Waals surface area (Å²) in [6.07, 6.45) is 6.30. The predicted octanol–water partition coefficient (Wildman–Crippen LogP) is 5.74. The van der Waals surface area contributed by atoms with Gasteiger partial charge in [0.2, 0.25) is 5.88 Å². The molecule has 37 heavy (non-hydrogen) atoms. The van der Waals surface area contributed by atoms with Crippen LogP contribution in [0.5, 0.6) is 11.6 Å². The molecule has 2 aromatic carbocycles. The highest BCUT2D eigenvalue weighted by molar-refractivity contribution is 5.73. The minimum absolute atomic E-state index is 0.0226. The van der Waals surface area contributed by atoms with Crippen molar-refractivity contribution in [3.8, 4) is 22.8 Å². The molecule has 6 nitrogen and oxygen atoms in total. The van der Waals surface area contributed by atoms with Crippen LogP contribution in [0.3, 0.4) is 0 Å². The van der Waals surface area contributed by atoms with Gasteiger partial charge >= 0.3 is 5.97 Å². The van der Waals surface area contributed by atoms with E-state index in [1.165, 1.54) is 20.3 Å². The zero-order valence-corrected chi connectivity index (χ0v) is 21.2. The Hall–Kier alpha value is -3.71. The number of aliphatic hydroxyl groups excluding tert-OH is 1. The molecule has 0 spiro atoms. The molecule has 3 atom stereocenters. The van der Waals surface area contributed by atoms with Gasteiger partial charge in [-0.05, 0) is 59.4 Å². The van der Waals surface area contributed by atoms with Crippen LogP contribution in [-0.4, -0.2) is 35.4 Å². The van der Waals surface area contributed by atoms with E-state index in [0.29, 0.717) is 34.9 Å². The lowest BCUT2D eigenvalue weighted by atomic mass is 9.82. The second-order valence-electron chi connectivity index (χ2n) is 9.47. The van der Waals surface area contributed by atoms with Crippen LogP contribution in [0.25, 0.3) is 11.1 Å². The molecule has 3 unspecified atom stereocenters. The predicted molar refractivity (Wildman–Crippen MR) is 139 cm³/mol. The molecule has 0 saturated heterocycles. The Bertz CT molecular complexity index is 1270. The van der Waals surface area contributed by atoms with Crippen molar-refractivity contribution in [3.05, 3.63) is 89.4 Å². The fourth-order valence-corrected chi connectivity index (χ4v) is 4.77. The minimum atomic E-state index is -0.854. The maximum Gasteiger partial charge on any atom is 0.309 e. The summed E-state index contributed by atoms with van der Waals surface area (Å²) in [7, 11) is 2.87. The molecule has 194 valence electrons. The van der Waals surface area contributed by atoms with E-state index in [2.05, 4.69) is 4.98 Å². The number of nitrogens with zero attached hydrogens (tertiary/aromatic N) is 1. The molecule has 0 aliphatic heterocycles. The first-order valence-electron chi connectivity index (χ1n) is 12.4. The molecule has 2 N–H and O–H groups in total. The number of hydrogen-bond donors (Lipinski definition) is 2. The number of aromatic hydroxyl groups is 1. The molecular weight excluding hydrogens is 473 g/mol. The maximum atomic E-state index is 14.2. The number of hydrogen-bond acceptors (Lipinski definition) is 6. The molecule has 7 heteroatoms. The van der Waals surface area contributed by atoms with E-state index in [1.807, 2.05) is 19.1 Å². The largest absolute Gasteiger partial charge is 0.508 e. The number of benzene rings is 2. The van der Waals surface area contributed by atoms with E-state index in [0.717, 1.165) is 30.2 Å². The quantitative estimate of drug-likeness (QED) is 0.270. The van der Waals surface area contributed by atoms with Gasteiger partial charge in [-0.3, -0.25) is 4.79 Å². The van der Waals surface area contributed by atoms with Crippen LogP contribution in [0.1, 0.15) is 48.5 Å². The fourth-order valence-electron chi connectivity index (χ4n) is 4.77. The zero-order valence-electron chi connectivity index (χ0n) is 21.2. The second kappa shape index (κ2) is 11.6. The smallest absolute Gasteiger partial charge is 0.309 e. The van der Waals surface area contributed by atoms with Gasteiger partial charge in [0, 0.05) is 11.6 Å². The van der Waals surface area contributed by atoms with Crippen molar-refractivity contribution in [2.24, 2.45) is 11.8 Å². The van der Waals surface area contributed by atoms with E-state index >= 15 is 0 Å². The fraction of sp³-hybridized carbons (Fsp3) is 0.333. The summed E-state index contributed by atoms with van der Waals surface area (Å²) in [5, 5.41) is 21.2. The zero-order chi connectivity index (χ0) is 26.5. The first kappa shape index (κ1) is 26.4. The van der Waals surface area contributed by atoms with Gasteiger partial charge in [0.25, 0.3) is 0 Å². The number of carbonyl (C=O) groups is 1. The van der Waals surface area contributed by atoms with Crippen LogP contribution in [0, 0.1) is 17.7 Å². The Kier molecular flexibility index (Phi) is 8.24. The highest BCUT2D eigenvalue weighted by Crippen LogP contribution is 2.47. The van der Waals surface area contributed by atoms with E-state index in [4.69, 9.17) is 9.47 Å². The highest BCUT2D eigenvalue weighted by atomic mass is 19.1. The third kappa shape index (κ3) is 6.17. The second-order valence-corrected chi connectivity index (χ2v) is 9.47. The third-order valence-corrected chi connectivity index (χ3v) is 6.99. The van der Waals surface area contributed by atoms with E-state index in [9.17, 15) is 19.4 Å². The SMILES string of the molecule is COC(=O)C(C)C(c1ccc(C/C=C\C(O)c2ccc(-c3cc(OC)ncc3F)cc2)c(O)c1)C1CC1. The maximum absolute atomic E-state index is 14.2. The van der Waals surface area contributed by atoms with Crippen molar-refractivity contribution < 1.29 is 28.9 Å². The van der Waals surface area contributed by atoms with Crippen LogP contribution in [0.2, 0.25) is 0 Å². The molecule has 1 saturated carbocycles. The van der Waals surface area contributed by atoms with E-state index in [-0.39, 0.29) is 23.6 Å². The summed E-state index contributed by atoms with van der Waals surface area (Å²) in [6.45, 7) is 1.88. The van der Waals surface area contributed by atoms with Crippen molar-refractivity contribution in [2.75, 3.05) is 14.2 Å². The van der Waals surface area contributed by atoms with Gasteiger partial charge in [-0.15, -0.1) is 0 Å². The summed E-state index contributed by atoms with van der Waals surface area (Å²) < 4.78 is 24.2. The Labute approximate surface area is 216 Å². The average molecular weight is 506 g/mol. The molecule has 1 fully saturated rings. The van der Waals surface area contributed by atoms with Crippen LogP contribution < -0.4 is 4.74 Å². The number of phenols is 1. The van der Waals surface area contributed by atoms with Crippen molar-refractivity contribution in [1.29, 1.82) is 0 Å². The average Bonchev–Trinajstić information content (AvgIpc) is 3.75. The van der Waals surface area contributed by atoms with Crippen molar-refractivity contribution >= 4 is 5.97 Å². The first-order valence-corrected chi connectivity index (χ1v) is 12.4. The van der Waals surface area contributed by atoms with Crippen LogP contribution >= 0.6 is 0 Å². The summed E-state index contributed by atoms with van der Waals surface area (Å²) in [4.78, 5) is 16.0. The van der Waals surface area contributed by atoms with Crippen molar-refractivity contribution in [2.45, 2.75) is 38.2 Å². The van der Waals surface area contributed by atoms with Crippen LogP contribution in [0.15, 0.2) is 66.9 Å². The molecule has 0 radical (unpaired) electrons. The summed E-state index contributed by atoms with van der Waals surface area (Å²) in [5.41, 5.74) is 3.34. The lowest BCUT2D eigenvalue weighted by Crippen LogP contribution is -2.22. The number of aromatic nitrogens is 1. The number of rotatable bonds is 10. The summed E-state index contributed by atoms with van der Waals surface area (Å²) >= 11 is 0. The molecule has 4 rings (SSSR count). The summed E-state index contributed by atoms with van der Waals surface area (Å²) in [6, 6.07) is 14.1. The lowest BCUT2D eigenvalue weighted by Gasteiger charge is -2.23. The number of esters is 1. The van der Waals surface area contributed by atoms with Gasteiger partial charge in [0.1, 0.15) is 11.6 Å². The van der Waals surface area contributed by atoms with Crippen molar-refractivity contribution in [1.82, 2.24) is 4.98 Å². The number of allylic oxidation sites excluding steroid dienone is 1. The summed E-state index contributed by atoms with van der Waals surface area (Å²) in [5.74, 6) is -0.0352. The first-order chi connectivity index (χ1) is 17.8. The van der Waals surface area contributed by atoms with Gasteiger partial charge in [0.15, 0.2) is 0 Å². The number of phenolic OH excluding ortho intramolecular Hbond substituents is 1. The molecule has 3 aromatic rings. The normalized spacial score (nSPS) is 15.8. The standard InChI is InChI=1S/C30H32FNO5/c1-18(30(35)37-3)29(22-12-13-22)23-14-11-20(27(34)15-23)5-4-6-26(33)21-9-7-19(8-10-21)24-16-28(36-2)32-17-25(24)31/h4,6-11,14-18,22,26,29,33-34H,5,12-13H2,1-3H3/b6-4-. The monoisotopic (exact) mass is 505 g/mol. The van der Waals surface area contributed by atoms with Crippen LogP contribution in [-0.2, 0) is 16.0 Å². The molecular formula is C30H32FNO5. The molecule has 1 aromatic heterocycles. The Morgan fingerprint density at radius 3 is 2.46 bits per heavy atom. The van der Waals surface area contributed by atoms with E-state index < -0.39 is 11.9 Å². The lowest BCUT2D eigenvalue weighted by molar-refractivity contribution is -0.145. The van der Waals surface area contributed by atoms with Crippen molar-refractivity contribution in [3.63, 3.8) is 0 Å². The molecule has 0 amide bonds. The molecule has 0 bridgehead atoms. The van der Waals surface area contributed by atoms with Gasteiger partial charge in [-0.25, -0.2) is 9.37 Å². The molecule has 1 aliphatic carbocycles. The number of carbonyl (C=O) groups excluding carboxylic acids is 1. The number of ether oxygens (including phenoxy) is 2. The van der Waals surface area contributed by atoms with Gasteiger partial charge in [-0.1, -0.05) is 55.5 Å². The van der Waals surface area contributed by atoms with E-state index in [1.54, 1.807) is 42.5 Å². The van der Waals surface area contributed by atoms with Gasteiger partial charge in [0.05, 0.1) is 32.4 Å². The molecule has 1 aliphatic rings. The molecule has 1 heterocycles. The number of methoxy groups -OCH3 is 2. The Morgan fingerprint density at radius 2 is 1.84 bits per heavy atom. The minimum Gasteiger partial charge on any atom is -0.508 e. The third-order valence-electron chi connectivity index (χ3n) is 6.99.